The average molecular weight is 434 g/mol. The standard InChI is InChI=1S/C19H28FN3O3S.ClH/c1-14(21)16-5-4-10-22(13-16)19(24)15-8-11-23(12-9-15)27(25,26)18-7-3-2-6-17(18)20;/h2-3,6-7,14-16H,4-5,8-13,21H2,1H3;1H. The van der Waals surface area contributed by atoms with E-state index in [0.717, 1.165) is 25.5 Å². The van der Waals surface area contributed by atoms with Gasteiger partial charge in [0.05, 0.1) is 0 Å². The molecule has 3 rings (SSSR count). The minimum absolute atomic E-state index is 0. The maximum atomic E-state index is 13.9. The number of amides is 1. The molecule has 0 bridgehead atoms. The SMILES string of the molecule is CC(N)C1CCCN(C(=O)C2CCN(S(=O)(=O)c3ccccc3F)CC2)C1.Cl. The monoisotopic (exact) mass is 433 g/mol. The fourth-order valence-corrected chi connectivity index (χ4v) is 5.57. The van der Waals surface area contributed by atoms with Crippen molar-refractivity contribution in [2.24, 2.45) is 17.6 Å². The van der Waals surface area contributed by atoms with E-state index >= 15 is 0 Å². The van der Waals surface area contributed by atoms with Gasteiger partial charge in [-0.25, -0.2) is 12.8 Å². The summed E-state index contributed by atoms with van der Waals surface area (Å²) in [5.74, 6) is -0.498. The Morgan fingerprint density at radius 2 is 1.82 bits per heavy atom. The third kappa shape index (κ3) is 4.84. The predicted molar refractivity (Wildman–Crippen MR) is 108 cm³/mol. The highest BCUT2D eigenvalue weighted by Crippen LogP contribution is 2.28. The Balaban J connectivity index is 0.00000280. The van der Waals surface area contributed by atoms with Crippen LogP contribution in [-0.2, 0) is 14.8 Å². The Morgan fingerprint density at radius 3 is 2.43 bits per heavy atom. The van der Waals surface area contributed by atoms with Gasteiger partial charge in [-0.15, -0.1) is 12.4 Å². The third-order valence-electron chi connectivity index (χ3n) is 5.77. The number of carbonyl (C=O) groups is 1. The van der Waals surface area contributed by atoms with Crippen molar-refractivity contribution in [2.45, 2.75) is 43.5 Å². The lowest BCUT2D eigenvalue weighted by atomic mass is 9.90. The second kappa shape index (κ2) is 9.52. The van der Waals surface area contributed by atoms with Crippen LogP contribution in [0.3, 0.4) is 0 Å². The van der Waals surface area contributed by atoms with Crippen LogP contribution in [0.4, 0.5) is 4.39 Å². The minimum atomic E-state index is -3.87. The highest BCUT2D eigenvalue weighted by atomic mass is 35.5. The van der Waals surface area contributed by atoms with E-state index in [2.05, 4.69) is 0 Å². The third-order valence-corrected chi connectivity index (χ3v) is 7.70. The average Bonchev–Trinajstić information content (AvgIpc) is 2.68. The molecule has 2 aliphatic heterocycles. The molecule has 2 N–H and O–H groups in total. The molecule has 158 valence electrons. The maximum Gasteiger partial charge on any atom is 0.245 e. The van der Waals surface area contributed by atoms with Crippen LogP contribution < -0.4 is 5.73 Å². The number of nitrogens with two attached hydrogens (primary N) is 1. The van der Waals surface area contributed by atoms with Crippen molar-refractivity contribution in [1.82, 2.24) is 9.21 Å². The Labute approximate surface area is 172 Å². The Hall–Kier alpha value is -1.22. The lowest BCUT2D eigenvalue weighted by molar-refractivity contribution is -0.138. The first-order chi connectivity index (χ1) is 12.8. The number of hydrogen-bond donors (Lipinski definition) is 1. The summed E-state index contributed by atoms with van der Waals surface area (Å²) < 4.78 is 40.6. The van der Waals surface area contributed by atoms with Crippen LogP contribution in [0.1, 0.15) is 32.6 Å². The summed E-state index contributed by atoms with van der Waals surface area (Å²) in [5, 5.41) is 0. The summed E-state index contributed by atoms with van der Waals surface area (Å²) in [6, 6.07) is 5.47. The van der Waals surface area contributed by atoms with Crippen molar-refractivity contribution in [3.8, 4) is 0 Å². The Kier molecular flexibility index (Phi) is 7.84. The second-order valence-corrected chi connectivity index (χ2v) is 9.56. The summed E-state index contributed by atoms with van der Waals surface area (Å²) >= 11 is 0. The molecular weight excluding hydrogens is 405 g/mol. The van der Waals surface area contributed by atoms with Gasteiger partial charge in [0.1, 0.15) is 10.7 Å². The van der Waals surface area contributed by atoms with Crippen LogP contribution in [0.15, 0.2) is 29.2 Å². The van der Waals surface area contributed by atoms with Crippen molar-refractivity contribution >= 4 is 28.3 Å². The van der Waals surface area contributed by atoms with Crippen LogP contribution in [0, 0.1) is 17.7 Å². The fourth-order valence-electron chi connectivity index (χ4n) is 4.03. The van der Waals surface area contributed by atoms with E-state index in [1.807, 2.05) is 11.8 Å². The molecule has 1 amide bonds. The zero-order valence-electron chi connectivity index (χ0n) is 16.1. The summed E-state index contributed by atoms with van der Waals surface area (Å²) in [6.07, 6.45) is 2.93. The molecule has 28 heavy (non-hydrogen) atoms. The molecule has 2 atom stereocenters. The van der Waals surface area contributed by atoms with E-state index in [1.54, 1.807) is 0 Å². The summed E-state index contributed by atoms with van der Waals surface area (Å²) in [5.41, 5.74) is 6.00. The normalized spacial score (nSPS) is 23.1. The molecule has 2 heterocycles. The zero-order valence-corrected chi connectivity index (χ0v) is 17.7. The molecule has 0 radical (unpaired) electrons. The number of likely N-dealkylation sites (tertiary alicyclic amines) is 1. The van der Waals surface area contributed by atoms with Crippen LogP contribution in [-0.4, -0.2) is 55.8 Å². The van der Waals surface area contributed by atoms with Gasteiger partial charge in [-0.1, -0.05) is 12.1 Å². The number of rotatable bonds is 4. The molecule has 2 aliphatic rings. The number of hydrogen-bond acceptors (Lipinski definition) is 4. The predicted octanol–water partition coefficient (Wildman–Crippen LogP) is 2.23. The van der Waals surface area contributed by atoms with Crippen molar-refractivity contribution in [3.05, 3.63) is 30.1 Å². The fraction of sp³-hybridized carbons (Fsp3) is 0.632. The number of nitrogens with zero attached hydrogens (tertiary/aromatic N) is 2. The molecule has 6 nitrogen and oxygen atoms in total. The minimum Gasteiger partial charge on any atom is -0.342 e. The van der Waals surface area contributed by atoms with Crippen molar-refractivity contribution in [3.63, 3.8) is 0 Å². The van der Waals surface area contributed by atoms with Crippen molar-refractivity contribution < 1.29 is 17.6 Å². The number of benzene rings is 1. The van der Waals surface area contributed by atoms with E-state index in [4.69, 9.17) is 5.73 Å². The van der Waals surface area contributed by atoms with Crippen molar-refractivity contribution in [2.75, 3.05) is 26.2 Å². The highest BCUT2D eigenvalue weighted by Gasteiger charge is 2.36. The van der Waals surface area contributed by atoms with E-state index in [1.165, 1.54) is 22.5 Å². The molecular formula is C19H29ClFN3O3S. The largest absolute Gasteiger partial charge is 0.342 e. The van der Waals surface area contributed by atoms with Crippen LogP contribution in [0.5, 0.6) is 0 Å². The van der Waals surface area contributed by atoms with Crippen LogP contribution in [0.2, 0.25) is 0 Å². The number of piperidine rings is 2. The quantitative estimate of drug-likeness (QED) is 0.789. The van der Waals surface area contributed by atoms with Gasteiger partial charge in [-0.05, 0) is 50.7 Å². The maximum absolute atomic E-state index is 13.9. The van der Waals surface area contributed by atoms with Gasteiger partial charge in [0.25, 0.3) is 0 Å². The van der Waals surface area contributed by atoms with Gasteiger partial charge < -0.3 is 10.6 Å². The Morgan fingerprint density at radius 1 is 1.18 bits per heavy atom. The molecule has 1 aromatic carbocycles. The number of sulfonamides is 1. The van der Waals surface area contributed by atoms with Crippen LogP contribution in [0.25, 0.3) is 0 Å². The van der Waals surface area contributed by atoms with Gasteiger partial charge >= 0.3 is 0 Å². The Bertz CT molecular complexity index is 782. The molecule has 2 fully saturated rings. The first-order valence-electron chi connectivity index (χ1n) is 9.59. The molecule has 0 saturated carbocycles. The van der Waals surface area contributed by atoms with Crippen LogP contribution >= 0.6 is 12.4 Å². The van der Waals surface area contributed by atoms with E-state index in [0.29, 0.717) is 25.3 Å². The van der Waals surface area contributed by atoms with Gasteiger partial charge in [-0.3, -0.25) is 4.79 Å². The smallest absolute Gasteiger partial charge is 0.245 e. The molecule has 0 spiro atoms. The topological polar surface area (TPSA) is 83.7 Å². The molecule has 9 heteroatoms. The van der Waals surface area contributed by atoms with Gasteiger partial charge in [0.15, 0.2) is 0 Å². The van der Waals surface area contributed by atoms with E-state index in [9.17, 15) is 17.6 Å². The summed E-state index contributed by atoms with van der Waals surface area (Å²) in [6.45, 7) is 3.88. The molecule has 0 aromatic heterocycles. The molecule has 2 saturated heterocycles. The lowest BCUT2D eigenvalue weighted by Crippen LogP contribution is -2.49. The van der Waals surface area contributed by atoms with E-state index < -0.39 is 15.8 Å². The lowest BCUT2D eigenvalue weighted by Gasteiger charge is -2.38. The van der Waals surface area contributed by atoms with Crippen molar-refractivity contribution in [1.29, 1.82) is 0 Å². The zero-order chi connectivity index (χ0) is 19.6. The summed E-state index contributed by atoms with van der Waals surface area (Å²) in [4.78, 5) is 14.5. The first kappa shape index (κ1) is 23.1. The first-order valence-corrected chi connectivity index (χ1v) is 11.0. The molecule has 1 aromatic rings. The van der Waals surface area contributed by atoms with Gasteiger partial charge in [0.2, 0.25) is 15.9 Å². The van der Waals surface area contributed by atoms with E-state index in [-0.39, 0.29) is 48.3 Å². The molecule has 0 aliphatic carbocycles. The number of halogens is 2. The van der Waals surface area contributed by atoms with Gasteiger partial charge in [0, 0.05) is 38.1 Å². The highest BCUT2D eigenvalue weighted by molar-refractivity contribution is 7.89. The number of carbonyl (C=O) groups excluding carboxylic acids is 1. The van der Waals surface area contributed by atoms with Gasteiger partial charge in [-0.2, -0.15) is 4.31 Å². The molecule has 2 unspecified atom stereocenters. The summed E-state index contributed by atoms with van der Waals surface area (Å²) in [7, 11) is -3.87. The second-order valence-electron chi connectivity index (χ2n) is 7.65.